The first kappa shape index (κ1) is 11.4. The maximum absolute atomic E-state index is 13.2. The number of aromatic nitrogens is 1. The van der Waals surface area contributed by atoms with Crippen LogP contribution in [0.5, 0.6) is 0 Å². The molecule has 78 valence electrons. The highest BCUT2D eigenvalue weighted by Crippen LogP contribution is 2.16. The van der Waals surface area contributed by atoms with Gasteiger partial charge in [0.05, 0.1) is 0 Å². The van der Waals surface area contributed by atoms with Gasteiger partial charge in [-0.3, -0.25) is 0 Å². The molecule has 1 aromatic rings. The van der Waals surface area contributed by atoms with Crippen molar-refractivity contribution >= 4 is 21.7 Å². The standard InChI is InChI=1S/C9H13BrFN3/c1-9(2,12)5-14-8-7(11)3-6(10)4-13-8/h3-4H,5,12H2,1-2H3,(H,13,14). The van der Waals surface area contributed by atoms with Crippen molar-refractivity contribution in [2.75, 3.05) is 11.9 Å². The van der Waals surface area contributed by atoms with Crippen LogP contribution in [0.2, 0.25) is 0 Å². The molecule has 0 fully saturated rings. The largest absolute Gasteiger partial charge is 0.366 e. The van der Waals surface area contributed by atoms with Gasteiger partial charge in [0, 0.05) is 22.8 Å². The summed E-state index contributed by atoms with van der Waals surface area (Å²) in [5.74, 6) is -0.157. The molecule has 1 rings (SSSR count). The van der Waals surface area contributed by atoms with Crippen LogP contribution in [0.3, 0.4) is 0 Å². The minimum Gasteiger partial charge on any atom is -0.366 e. The van der Waals surface area contributed by atoms with Crippen molar-refractivity contribution in [2.24, 2.45) is 5.73 Å². The normalized spacial score (nSPS) is 11.5. The van der Waals surface area contributed by atoms with E-state index in [-0.39, 0.29) is 17.2 Å². The Balaban J connectivity index is 2.68. The SMILES string of the molecule is CC(C)(N)CNc1ncc(Br)cc1F. The molecule has 14 heavy (non-hydrogen) atoms. The Morgan fingerprint density at radius 1 is 1.64 bits per heavy atom. The summed E-state index contributed by atoms with van der Waals surface area (Å²) in [4.78, 5) is 3.89. The molecule has 5 heteroatoms. The third-order valence-corrected chi connectivity index (χ3v) is 1.95. The zero-order valence-electron chi connectivity index (χ0n) is 8.14. The van der Waals surface area contributed by atoms with Crippen LogP contribution in [0.4, 0.5) is 10.2 Å². The molecular weight excluding hydrogens is 249 g/mol. The molecule has 0 aliphatic carbocycles. The van der Waals surface area contributed by atoms with Crippen LogP contribution in [-0.2, 0) is 0 Å². The van der Waals surface area contributed by atoms with E-state index in [4.69, 9.17) is 5.73 Å². The maximum atomic E-state index is 13.2. The number of hydrogen-bond acceptors (Lipinski definition) is 3. The second-order valence-electron chi connectivity index (χ2n) is 3.83. The smallest absolute Gasteiger partial charge is 0.166 e. The molecule has 1 aromatic heterocycles. The molecular formula is C9H13BrFN3. The molecule has 0 saturated carbocycles. The summed E-state index contributed by atoms with van der Waals surface area (Å²) in [5, 5.41) is 2.85. The van der Waals surface area contributed by atoms with E-state index in [1.807, 2.05) is 13.8 Å². The number of anilines is 1. The summed E-state index contributed by atoms with van der Waals surface area (Å²) in [6.45, 7) is 4.19. The van der Waals surface area contributed by atoms with Crippen LogP contribution in [-0.4, -0.2) is 17.1 Å². The van der Waals surface area contributed by atoms with E-state index in [1.54, 1.807) is 0 Å². The molecule has 0 bridgehead atoms. The van der Waals surface area contributed by atoms with Gasteiger partial charge < -0.3 is 11.1 Å². The van der Waals surface area contributed by atoms with Crippen LogP contribution in [0.15, 0.2) is 16.7 Å². The van der Waals surface area contributed by atoms with Gasteiger partial charge in [0.2, 0.25) is 0 Å². The van der Waals surface area contributed by atoms with E-state index in [1.165, 1.54) is 12.3 Å². The van der Waals surface area contributed by atoms with Crippen molar-refractivity contribution < 1.29 is 4.39 Å². The third kappa shape index (κ3) is 3.59. The minimum atomic E-state index is -0.388. The minimum absolute atomic E-state index is 0.228. The summed E-state index contributed by atoms with van der Waals surface area (Å²) in [5.41, 5.74) is 5.35. The lowest BCUT2D eigenvalue weighted by Crippen LogP contribution is -2.39. The van der Waals surface area contributed by atoms with Crippen LogP contribution < -0.4 is 11.1 Å². The van der Waals surface area contributed by atoms with Crippen molar-refractivity contribution in [1.29, 1.82) is 0 Å². The Morgan fingerprint density at radius 3 is 2.79 bits per heavy atom. The van der Waals surface area contributed by atoms with Crippen LogP contribution in [0, 0.1) is 5.82 Å². The number of nitrogens with zero attached hydrogens (tertiary/aromatic N) is 1. The quantitative estimate of drug-likeness (QED) is 0.877. The third-order valence-electron chi connectivity index (χ3n) is 1.52. The number of hydrogen-bond donors (Lipinski definition) is 2. The summed E-state index contributed by atoms with van der Waals surface area (Å²) in [6.07, 6.45) is 1.54. The van der Waals surface area contributed by atoms with Gasteiger partial charge in [0.1, 0.15) is 0 Å². The molecule has 1 heterocycles. The highest BCUT2D eigenvalue weighted by atomic mass is 79.9. The van der Waals surface area contributed by atoms with Gasteiger partial charge >= 0.3 is 0 Å². The van der Waals surface area contributed by atoms with Gasteiger partial charge in [-0.05, 0) is 35.8 Å². The number of nitrogens with one attached hydrogen (secondary N) is 1. The van der Waals surface area contributed by atoms with Gasteiger partial charge in [0.15, 0.2) is 11.6 Å². The second-order valence-corrected chi connectivity index (χ2v) is 4.74. The van der Waals surface area contributed by atoms with Crippen molar-refractivity contribution in [3.8, 4) is 0 Å². The monoisotopic (exact) mass is 261 g/mol. The fraction of sp³-hybridized carbons (Fsp3) is 0.444. The van der Waals surface area contributed by atoms with Gasteiger partial charge in [-0.15, -0.1) is 0 Å². The van der Waals surface area contributed by atoms with Gasteiger partial charge in [-0.25, -0.2) is 9.37 Å². The van der Waals surface area contributed by atoms with Crippen LogP contribution in [0.25, 0.3) is 0 Å². The van der Waals surface area contributed by atoms with Crippen LogP contribution >= 0.6 is 15.9 Å². The molecule has 0 aliphatic rings. The maximum Gasteiger partial charge on any atom is 0.166 e. The highest BCUT2D eigenvalue weighted by molar-refractivity contribution is 9.10. The first-order chi connectivity index (χ1) is 6.38. The van der Waals surface area contributed by atoms with E-state index >= 15 is 0 Å². The lowest BCUT2D eigenvalue weighted by atomic mass is 10.1. The first-order valence-electron chi connectivity index (χ1n) is 4.22. The molecule has 3 N–H and O–H groups in total. The zero-order valence-corrected chi connectivity index (χ0v) is 9.73. The van der Waals surface area contributed by atoms with E-state index < -0.39 is 0 Å². The second kappa shape index (κ2) is 4.23. The van der Waals surface area contributed by atoms with Crippen molar-refractivity contribution in [3.05, 3.63) is 22.6 Å². The molecule has 0 spiro atoms. The Morgan fingerprint density at radius 2 is 2.29 bits per heavy atom. The van der Waals surface area contributed by atoms with Gasteiger partial charge in [-0.1, -0.05) is 0 Å². The number of rotatable bonds is 3. The zero-order chi connectivity index (χ0) is 10.8. The van der Waals surface area contributed by atoms with Crippen molar-refractivity contribution in [3.63, 3.8) is 0 Å². The fourth-order valence-corrected chi connectivity index (χ4v) is 1.16. The number of nitrogens with two attached hydrogens (primary N) is 1. The Hall–Kier alpha value is -0.680. The summed E-state index contributed by atoms with van der Waals surface area (Å²) < 4.78 is 13.8. The van der Waals surface area contributed by atoms with Crippen molar-refractivity contribution in [1.82, 2.24) is 4.98 Å². The lowest BCUT2D eigenvalue weighted by molar-refractivity contribution is 0.544. The highest BCUT2D eigenvalue weighted by Gasteiger charge is 2.12. The van der Waals surface area contributed by atoms with E-state index in [2.05, 4.69) is 26.2 Å². The van der Waals surface area contributed by atoms with E-state index in [9.17, 15) is 4.39 Å². The summed E-state index contributed by atoms with van der Waals surface area (Å²) >= 11 is 3.13. The summed E-state index contributed by atoms with van der Waals surface area (Å²) in [6, 6.07) is 1.36. The average Bonchev–Trinajstić information content (AvgIpc) is 2.00. The number of pyridine rings is 1. The average molecular weight is 262 g/mol. The number of halogens is 2. The van der Waals surface area contributed by atoms with Crippen molar-refractivity contribution in [2.45, 2.75) is 19.4 Å². The molecule has 0 aromatic carbocycles. The first-order valence-corrected chi connectivity index (χ1v) is 5.01. The van der Waals surface area contributed by atoms with Gasteiger partial charge in [0.25, 0.3) is 0 Å². The molecule has 0 radical (unpaired) electrons. The van der Waals surface area contributed by atoms with Crippen LogP contribution in [0.1, 0.15) is 13.8 Å². The molecule has 0 aliphatic heterocycles. The Kier molecular flexibility index (Phi) is 3.44. The molecule has 0 amide bonds. The Bertz CT molecular complexity index is 322. The predicted molar refractivity (Wildman–Crippen MR) is 58.7 cm³/mol. The molecule has 0 unspecified atom stereocenters. The fourth-order valence-electron chi connectivity index (χ4n) is 0.856. The predicted octanol–water partition coefficient (Wildman–Crippen LogP) is 2.13. The molecule has 3 nitrogen and oxygen atoms in total. The summed E-state index contributed by atoms with van der Waals surface area (Å²) in [7, 11) is 0. The lowest BCUT2D eigenvalue weighted by Gasteiger charge is -2.19. The molecule has 0 atom stereocenters. The molecule has 0 saturated heterocycles. The topological polar surface area (TPSA) is 50.9 Å². The van der Waals surface area contributed by atoms with E-state index in [0.29, 0.717) is 11.0 Å². The Labute approximate surface area is 91.0 Å². The van der Waals surface area contributed by atoms with E-state index in [0.717, 1.165) is 0 Å². The van der Waals surface area contributed by atoms with Gasteiger partial charge in [-0.2, -0.15) is 0 Å².